The highest BCUT2D eigenvalue weighted by Gasteiger charge is 2.56. The Balaban J connectivity index is 1.80. The highest BCUT2D eigenvalue weighted by molar-refractivity contribution is 6.32. The molecule has 0 aromatic heterocycles. The van der Waals surface area contributed by atoms with E-state index >= 15 is 0 Å². The summed E-state index contributed by atoms with van der Waals surface area (Å²) in [5, 5.41) is 0.624. The molecule has 0 radical (unpaired) electrons. The fourth-order valence-corrected chi connectivity index (χ4v) is 4.21. The standard InChI is InChI=1S/C19H21ClN6O3/c1-9-12(20)6-5-7-13(9)25-10(2)11(3)26-15-16(22-18(25)26)23(4)19(29)24(17(15)28)8-14(21)27/h5-7,15-16H,8H2,1-4H3,(H2,21,27). The van der Waals surface area contributed by atoms with Crippen LogP contribution in [0, 0.1) is 6.92 Å². The normalized spacial score (nSPS) is 23.7. The molecule has 29 heavy (non-hydrogen) atoms. The molecule has 2 atom stereocenters. The summed E-state index contributed by atoms with van der Waals surface area (Å²) in [5.74, 6) is -0.694. The molecular formula is C19H21ClN6O3. The minimum absolute atomic E-state index is 0.465. The van der Waals surface area contributed by atoms with Crippen LogP contribution in [0.1, 0.15) is 19.4 Å². The van der Waals surface area contributed by atoms with Gasteiger partial charge < -0.3 is 10.6 Å². The third-order valence-corrected chi connectivity index (χ3v) is 6.10. The lowest BCUT2D eigenvalue weighted by molar-refractivity contribution is -0.139. The highest BCUT2D eigenvalue weighted by atomic mass is 35.5. The molecule has 152 valence electrons. The van der Waals surface area contributed by atoms with Crippen LogP contribution in [0.5, 0.6) is 0 Å². The number of anilines is 1. The van der Waals surface area contributed by atoms with Gasteiger partial charge in [-0.3, -0.25) is 24.3 Å². The van der Waals surface area contributed by atoms with E-state index in [1.165, 1.54) is 4.90 Å². The second-order valence-electron chi connectivity index (χ2n) is 7.33. The fourth-order valence-electron chi connectivity index (χ4n) is 4.04. The lowest BCUT2D eigenvalue weighted by Gasteiger charge is -2.40. The second-order valence-corrected chi connectivity index (χ2v) is 7.74. The maximum absolute atomic E-state index is 13.2. The molecule has 0 spiro atoms. The van der Waals surface area contributed by atoms with Gasteiger partial charge in [0.05, 0.1) is 5.69 Å². The van der Waals surface area contributed by atoms with Crippen molar-refractivity contribution >= 4 is 41.1 Å². The average Bonchev–Trinajstić information content (AvgIpc) is 3.16. The van der Waals surface area contributed by atoms with Gasteiger partial charge in [-0.2, -0.15) is 0 Å². The van der Waals surface area contributed by atoms with Gasteiger partial charge in [-0.25, -0.2) is 9.79 Å². The molecule has 4 rings (SSSR count). The summed E-state index contributed by atoms with van der Waals surface area (Å²) in [6.45, 7) is 5.29. The summed E-state index contributed by atoms with van der Waals surface area (Å²) in [6.07, 6.45) is -0.695. The van der Waals surface area contributed by atoms with E-state index in [1.54, 1.807) is 7.05 Å². The van der Waals surface area contributed by atoms with Crippen LogP contribution in [-0.4, -0.2) is 64.3 Å². The summed E-state index contributed by atoms with van der Waals surface area (Å²) in [6, 6.07) is 4.25. The molecule has 1 aromatic rings. The molecule has 0 saturated carbocycles. The summed E-state index contributed by atoms with van der Waals surface area (Å²) < 4.78 is 0. The SMILES string of the molecule is CC1=C(C)N2C(=NC3C2C(=O)N(CC(N)=O)C(=O)N3C)N1c1cccc(Cl)c1C. The van der Waals surface area contributed by atoms with Gasteiger partial charge in [0, 0.05) is 23.5 Å². The van der Waals surface area contributed by atoms with Crippen molar-refractivity contribution in [2.75, 3.05) is 18.5 Å². The van der Waals surface area contributed by atoms with E-state index in [2.05, 4.69) is 0 Å². The van der Waals surface area contributed by atoms with Crippen molar-refractivity contribution < 1.29 is 14.4 Å². The van der Waals surface area contributed by atoms with Crippen molar-refractivity contribution in [1.29, 1.82) is 0 Å². The summed E-state index contributed by atoms with van der Waals surface area (Å²) in [4.78, 5) is 47.9. The number of hydrogen-bond acceptors (Lipinski definition) is 6. The maximum Gasteiger partial charge on any atom is 0.328 e. The number of nitrogens with two attached hydrogens (primary N) is 1. The van der Waals surface area contributed by atoms with Gasteiger partial charge in [0.15, 0.2) is 12.2 Å². The number of amides is 4. The third kappa shape index (κ3) is 2.61. The van der Waals surface area contributed by atoms with Crippen LogP contribution in [-0.2, 0) is 9.59 Å². The fraction of sp³-hybridized carbons (Fsp3) is 0.368. The Hall–Kier alpha value is -3.07. The predicted octanol–water partition coefficient (Wildman–Crippen LogP) is 1.47. The van der Waals surface area contributed by atoms with E-state index in [0.29, 0.717) is 11.0 Å². The number of imide groups is 1. The molecule has 9 nitrogen and oxygen atoms in total. The van der Waals surface area contributed by atoms with E-state index in [-0.39, 0.29) is 0 Å². The predicted molar refractivity (Wildman–Crippen MR) is 108 cm³/mol. The number of halogens is 1. The van der Waals surface area contributed by atoms with Crippen molar-refractivity contribution in [3.05, 3.63) is 40.2 Å². The number of hydrogen-bond donors (Lipinski definition) is 1. The van der Waals surface area contributed by atoms with E-state index in [1.807, 2.05) is 48.8 Å². The van der Waals surface area contributed by atoms with Gasteiger partial charge in [0.25, 0.3) is 5.91 Å². The molecule has 2 N–H and O–H groups in total. The lowest BCUT2D eigenvalue weighted by atomic mass is 10.1. The maximum atomic E-state index is 13.2. The zero-order chi connectivity index (χ0) is 21.2. The largest absolute Gasteiger partial charge is 0.368 e. The van der Waals surface area contributed by atoms with Gasteiger partial charge in [-0.1, -0.05) is 17.7 Å². The molecule has 1 fully saturated rings. The number of guanidine groups is 1. The van der Waals surface area contributed by atoms with E-state index < -0.39 is 36.6 Å². The molecule has 3 aliphatic rings. The molecule has 1 saturated heterocycles. The number of rotatable bonds is 3. The smallest absolute Gasteiger partial charge is 0.328 e. The Morgan fingerprint density at radius 3 is 2.55 bits per heavy atom. The third-order valence-electron chi connectivity index (χ3n) is 5.69. The van der Waals surface area contributed by atoms with Crippen molar-refractivity contribution in [2.45, 2.75) is 33.0 Å². The first-order valence-corrected chi connectivity index (χ1v) is 9.49. The van der Waals surface area contributed by atoms with Crippen LogP contribution in [0.25, 0.3) is 0 Å². The lowest BCUT2D eigenvalue weighted by Crippen LogP contribution is -2.65. The van der Waals surface area contributed by atoms with Crippen molar-refractivity contribution in [2.24, 2.45) is 10.7 Å². The molecular weight excluding hydrogens is 396 g/mol. The number of nitrogens with zero attached hydrogens (tertiary/aromatic N) is 5. The summed E-state index contributed by atoms with van der Waals surface area (Å²) in [5.41, 5.74) is 8.72. The second kappa shape index (κ2) is 6.48. The molecule has 10 heteroatoms. The van der Waals surface area contributed by atoms with E-state index in [0.717, 1.165) is 27.5 Å². The number of primary amides is 1. The van der Waals surface area contributed by atoms with Gasteiger partial charge >= 0.3 is 6.03 Å². The van der Waals surface area contributed by atoms with Crippen LogP contribution >= 0.6 is 11.6 Å². The van der Waals surface area contributed by atoms with Crippen LogP contribution in [0.4, 0.5) is 10.5 Å². The molecule has 0 aliphatic carbocycles. The average molecular weight is 417 g/mol. The Bertz CT molecular complexity index is 1020. The van der Waals surface area contributed by atoms with Crippen molar-refractivity contribution in [3.8, 4) is 0 Å². The minimum Gasteiger partial charge on any atom is -0.368 e. The highest BCUT2D eigenvalue weighted by Crippen LogP contribution is 2.41. The Morgan fingerprint density at radius 2 is 1.90 bits per heavy atom. The number of carbonyl (C=O) groups is 3. The number of carbonyl (C=O) groups excluding carboxylic acids is 3. The number of benzene rings is 1. The number of urea groups is 1. The van der Waals surface area contributed by atoms with Gasteiger partial charge in [-0.05, 0) is 38.5 Å². The van der Waals surface area contributed by atoms with Gasteiger partial charge in [0.2, 0.25) is 11.9 Å². The molecule has 1 aromatic carbocycles. The van der Waals surface area contributed by atoms with Crippen LogP contribution in [0.3, 0.4) is 0 Å². The Kier molecular flexibility index (Phi) is 4.30. The van der Waals surface area contributed by atoms with E-state index in [4.69, 9.17) is 22.3 Å². The van der Waals surface area contributed by atoms with E-state index in [9.17, 15) is 14.4 Å². The molecule has 4 amide bonds. The molecule has 0 bridgehead atoms. The summed E-state index contributed by atoms with van der Waals surface area (Å²) >= 11 is 6.32. The summed E-state index contributed by atoms with van der Waals surface area (Å²) in [7, 11) is 1.56. The molecule has 2 unspecified atom stereocenters. The van der Waals surface area contributed by atoms with Crippen molar-refractivity contribution in [3.63, 3.8) is 0 Å². The Morgan fingerprint density at radius 1 is 1.21 bits per heavy atom. The number of allylic oxidation sites excluding steroid dienone is 2. The van der Waals surface area contributed by atoms with Crippen LogP contribution in [0.2, 0.25) is 5.02 Å². The molecule has 3 heterocycles. The number of aliphatic imine (C=N–C) groups is 1. The zero-order valence-electron chi connectivity index (χ0n) is 16.5. The van der Waals surface area contributed by atoms with Crippen LogP contribution < -0.4 is 10.6 Å². The van der Waals surface area contributed by atoms with Gasteiger partial charge in [-0.15, -0.1) is 0 Å². The number of fused-ring (bicyclic) bond motifs is 3. The first kappa shape index (κ1) is 19.3. The quantitative estimate of drug-likeness (QED) is 0.803. The Labute approximate surface area is 173 Å². The topological polar surface area (TPSA) is 103 Å². The minimum atomic E-state index is -0.758. The molecule has 3 aliphatic heterocycles. The first-order valence-electron chi connectivity index (χ1n) is 9.11. The van der Waals surface area contributed by atoms with Gasteiger partial charge in [0.1, 0.15) is 6.54 Å². The first-order chi connectivity index (χ1) is 13.6. The zero-order valence-corrected chi connectivity index (χ0v) is 17.3. The van der Waals surface area contributed by atoms with Crippen LogP contribution in [0.15, 0.2) is 34.6 Å². The monoisotopic (exact) mass is 416 g/mol. The number of likely N-dealkylation sites (N-methyl/N-ethyl adjacent to an activating group) is 1. The van der Waals surface area contributed by atoms with Crippen molar-refractivity contribution in [1.82, 2.24) is 14.7 Å².